The molecule has 266 valence electrons. The summed E-state index contributed by atoms with van der Waals surface area (Å²) in [7, 11) is 0. The fourth-order valence-corrected chi connectivity index (χ4v) is 4.20. The van der Waals surface area contributed by atoms with Gasteiger partial charge < -0.3 is 25.6 Å². The second-order valence-corrected chi connectivity index (χ2v) is 11.4. The molecule has 0 spiro atoms. The van der Waals surface area contributed by atoms with Crippen LogP contribution in [-0.4, -0.2) is 78.4 Å². The Morgan fingerprint density at radius 3 is 2.11 bits per heavy atom. The van der Waals surface area contributed by atoms with Crippen LogP contribution in [0.1, 0.15) is 105 Å². The largest absolute Gasteiger partial charge is 0.350 e. The Morgan fingerprint density at radius 1 is 0.915 bits per heavy atom. The Balaban J connectivity index is 0.000000712. The van der Waals surface area contributed by atoms with E-state index in [9.17, 15) is 24.0 Å². The van der Waals surface area contributed by atoms with E-state index in [1.54, 1.807) is 11.8 Å². The zero-order valence-electron chi connectivity index (χ0n) is 29.6. The van der Waals surface area contributed by atoms with E-state index in [1.807, 2.05) is 44.3 Å². The number of carbonyl (C=O) groups excluding carboxylic acids is 5. The van der Waals surface area contributed by atoms with Gasteiger partial charge in [0.15, 0.2) is 12.4 Å². The summed E-state index contributed by atoms with van der Waals surface area (Å²) in [6, 6.07) is 8.03. The van der Waals surface area contributed by atoms with Crippen molar-refractivity contribution >= 4 is 41.3 Å². The number of fused-ring (bicyclic) bond motifs is 1. The van der Waals surface area contributed by atoms with Crippen LogP contribution in [-0.2, 0) is 28.9 Å². The average molecular weight is 662 g/mol. The Hall–Kier alpha value is -3.93. The first-order valence-corrected chi connectivity index (χ1v) is 16.9. The highest BCUT2D eigenvalue weighted by Gasteiger charge is 2.23. The van der Waals surface area contributed by atoms with Crippen LogP contribution in [0.25, 0.3) is 10.9 Å². The monoisotopic (exact) mass is 661 g/mol. The highest BCUT2D eigenvalue weighted by molar-refractivity contribution is 5.89. The summed E-state index contributed by atoms with van der Waals surface area (Å²) < 4.78 is 1.52. The minimum absolute atomic E-state index is 0.0639. The van der Waals surface area contributed by atoms with Crippen molar-refractivity contribution in [1.29, 1.82) is 0 Å². The van der Waals surface area contributed by atoms with Gasteiger partial charge in [-0.1, -0.05) is 84.4 Å². The second kappa shape index (κ2) is 27.2. The first-order valence-electron chi connectivity index (χ1n) is 16.9. The lowest BCUT2D eigenvalue weighted by Gasteiger charge is -2.33. The minimum atomic E-state index is -0.582. The van der Waals surface area contributed by atoms with Crippen molar-refractivity contribution in [2.75, 3.05) is 26.2 Å². The van der Waals surface area contributed by atoms with E-state index < -0.39 is 17.9 Å². The number of para-hydroxylation sites is 1. The van der Waals surface area contributed by atoms with E-state index in [4.69, 9.17) is 9.88 Å². The topological polar surface area (TPSA) is 148 Å². The first kappa shape index (κ1) is 43.1. The van der Waals surface area contributed by atoms with Gasteiger partial charge in [0.2, 0.25) is 24.1 Å². The highest BCUT2D eigenvalue weighted by atomic mass is 17.3. The summed E-state index contributed by atoms with van der Waals surface area (Å²) in [5.41, 5.74) is 2.01. The lowest BCUT2D eigenvalue weighted by molar-refractivity contribution is -0.305. The maximum Gasteiger partial charge on any atom is 0.242 e. The van der Waals surface area contributed by atoms with Crippen molar-refractivity contribution in [2.45, 2.75) is 118 Å². The van der Waals surface area contributed by atoms with Crippen LogP contribution in [0.2, 0.25) is 0 Å². The third kappa shape index (κ3) is 19.4. The van der Waals surface area contributed by atoms with Gasteiger partial charge in [-0.2, -0.15) is 9.62 Å². The molecule has 0 saturated carbocycles. The zero-order chi connectivity index (χ0) is 35.5. The number of piperidine rings is 1. The molecular formula is C35H59N5O7. The number of nitrogens with one attached hydrogen (secondary N) is 3. The Labute approximate surface area is 281 Å². The molecule has 0 bridgehead atoms. The maximum atomic E-state index is 12.0. The van der Waals surface area contributed by atoms with E-state index in [0.29, 0.717) is 12.7 Å². The SMILES string of the molecule is CC1CCCCN1C(=O)CNC(=O)CNC(=O)CNC=O.CCCC.CCCCCC.Cc1cn(OOC(C)C=O)c2ccccc12. The molecule has 2 heterocycles. The van der Waals surface area contributed by atoms with Crippen molar-refractivity contribution in [3.05, 3.63) is 36.0 Å². The average Bonchev–Trinajstić information content (AvgIpc) is 3.42. The number of aryl methyl sites for hydroxylation is 1. The molecule has 4 amide bonds. The van der Waals surface area contributed by atoms with Crippen LogP contribution in [0, 0.1) is 6.92 Å². The molecule has 0 radical (unpaired) electrons. The fourth-order valence-electron chi connectivity index (χ4n) is 4.20. The Morgan fingerprint density at radius 2 is 1.53 bits per heavy atom. The molecule has 2 aromatic rings. The standard InChI is InChI=1S/C13H22N4O4.C12H13NO3.C6H14.C4H10/c1-10-4-2-3-5-17(10)13(21)8-16-12(20)7-15-11(19)6-14-9-18;1-9-7-13(16-15-10(2)8-14)12-6-4-3-5-11(9)12;1-3-5-6-4-2;1-3-4-2/h9-10H,2-8H2,1H3,(H,14,18)(H,15,19)(H,16,20);3-8,10H,1-2H3;3-6H2,1-2H3;3-4H2,1-2H3. The minimum Gasteiger partial charge on any atom is -0.350 e. The van der Waals surface area contributed by atoms with Crippen molar-refractivity contribution in [3.8, 4) is 0 Å². The van der Waals surface area contributed by atoms with Gasteiger partial charge in [-0.3, -0.25) is 19.2 Å². The summed E-state index contributed by atoms with van der Waals surface area (Å²) in [6.45, 7) is 14.7. The molecule has 12 nitrogen and oxygen atoms in total. The lowest BCUT2D eigenvalue weighted by atomic mass is 10.0. The lowest BCUT2D eigenvalue weighted by Crippen LogP contribution is -2.48. The number of hydrogen-bond acceptors (Lipinski definition) is 7. The quantitative estimate of drug-likeness (QED) is 0.109. The molecule has 1 aliphatic heterocycles. The molecule has 2 atom stereocenters. The zero-order valence-corrected chi connectivity index (χ0v) is 29.6. The summed E-state index contributed by atoms with van der Waals surface area (Å²) in [5.74, 6) is -1.01. The summed E-state index contributed by atoms with van der Waals surface area (Å²) in [5, 5.41) is 8.10. The van der Waals surface area contributed by atoms with Crippen LogP contribution in [0.3, 0.4) is 0 Å². The van der Waals surface area contributed by atoms with Gasteiger partial charge in [-0.05, 0) is 51.7 Å². The molecule has 1 fully saturated rings. The second-order valence-electron chi connectivity index (χ2n) is 11.4. The van der Waals surface area contributed by atoms with Gasteiger partial charge >= 0.3 is 0 Å². The van der Waals surface area contributed by atoms with Crippen molar-refractivity contribution in [3.63, 3.8) is 0 Å². The van der Waals surface area contributed by atoms with E-state index >= 15 is 0 Å². The van der Waals surface area contributed by atoms with Gasteiger partial charge in [0.1, 0.15) is 0 Å². The fraction of sp³-hybridized carbons (Fsp3) is 0.629. The number of unbranched alkanes of at least 4 members (excludes halogenated alkanes) is 4. The van der Waals surface area contributed by atoms with Crippen LogP contribution in [0.5, 0.6) is 0 Å². The van der Waals surface area contributed by atoms with Crippen LogP contribution >= 0.6 is 0 Å². The molecule has 1 aliphatic rings. The van der Waals surface area contributed by atoms with Gasteiger partial charge in [-0.25, -0.2) is 4.99 Å². The molecule has 3 rings (SSSR count). The number of carbonyl (C=O) groups is 5. The molecule has 12 heteroatoms. The third-order valence-electron chi connectivity index (χ3n) is 7.15. The van der Waals surface area contributed by atoms with Crippen LogP contribution in [0.4, 0.5) is 0 Å². The molecule has 0 aliphatic carbocycles. The number of aldehydes is 1. The number of nitrogens with zero attached hydrogens (tertiary/aromatic N) is 2. The smallest absolute Gasteiger partial charge is 0.242 e. The number of aromatic nitrogens is 1. The number of likely N-dealkylation sites (tertiary alicyclic amines) is 1. The molecule has 1 aromatic heterocycles. The van der Waals surface area contributed by atoms with Gasteiger partial charge in [-0.15, -0.1) is 0 Å². The van der Waals surface area contributed by atoms with Crippen molar-refractivity contribution < 1.29 is 33.8 Å². The number of rotatable bonds is 15. The van der Waals surface area contributed by atoms with Gasteiger partial charge in [0.25, 0.3) is 0 Å². The first-order chi connectivity index (χ1) is 22.6. The predicted octanol–water partition coefficient (Wildman–Crippen LogP) is 4.66. The number of hydrogen-bond donors (Lipinski definition) is 3. The van der Waals surface area contributed by atoms with Gasteiger partial charge in [0.05, 0.1) is 31.3 Å². The third-order valence-corrected chi connectivity index (χ3v) is 7.15. The van der Waals surface area contributed by atoms with Crippen LogP contribution < -0.4 is 20.9 Å². The molecule has 2 unspecified atom stereocenters. The van der Waals surface area contributed by atoms with Crippen molar-refractivity contribution in [2.24, 2.45) is 0 Å². The van der Waals surface area contributed by atoms with Gasteiger partial charge in [0, 0.05) is 18.0 Å². The summed E-state index contributed by atoms with van der Waals surface area (Å²) in [6.07, 6.45) is 13.6. The predicted molar refractivity (Wildman–Crippen MR) is 185 cm³/mol. The number of amides is 4. The number of benzene rings is 1. The molecule has 3 N–H and O–H groups in total. The van der Waals surface area contributed by atoms with E-state index in [-0.39, 0.29) is 31.6 Å². The van der Waals surface area contributed by atoms with E-state index in [2.05, 4.69) is 43.6 Å². The van der Waals surface area contributed by atoms with Crippen molar-refractivity contribution in [1.82, 2.24) is 25.6 Å². The molecule has 1 saturated heterocycles. The Kier molecular flexibility index (Phi) is 24.9. The molecule has 47 heavy (non-hydrogen) atoms. The normalized spacial score (nSPS) is 14.0. The summed E-state index contributed by atoms with van der Waals surface area (Å²) in [4.78, 5) is 66.7. The van der Waals surface area contributed by atoms with E-state index in [0.717, 1.165) is 42.3 Å². The Bertz CT molecular complexity index is 1160. The van der Waals surface area contributed by atoms with E-state index in [1.165, 1.54) is 43.3 Å². The maximum absolute atomic E-state index is 12.0. The summed E-state index contributed by atoms with van der Waals surface area (Å²) >= 11 is 0. The van der Waals surface area contributed by atoms with Crippen LogP contribution in [0.15, 0.2) is 30.5 Å². The molecule has 1 aromatic carbocycles. The highest BCUT2D eigenvalue weighted by Crippen LogP contribution is 2.19. The molecular weight excluding hydrogens is 602 g/mol.